The smallest absolute Gasteiger partial charge is 0.304 e. The van der Waals surface area contributed by atoms with Crippen molar-refractivity contribution in [1.29, 1.82) is 0 Å². The molecule has 0 saturated heterocycles. The summed E-state index contributed by atoms with van der Waals surface area (Å²) in [5, 5.41) is 8.62. The highest BCUT2D eigenvalue weighted by Gasteiger charge is 2.19. The maximum atomic E-state index is 10.5. The van der Waals surface area contributed by atoms with Crippen LogP contribution in [0.5, 0.6) is 5.75 Å². The fraction of sp³-hybridized carbons (Fsp3) is 0.500. The molecule has 1 aromatic carbocycles. The first-order chi connectivity index (χ1) is 8.34. The minimum atomic E-state index is -0.757. The van der Waals surface area contributed by atoms with E-state index < -0.39 is 5.97 Å². The zero-order valence-electron chi connectivity index (χ0n) is 11.3. The van der Waals surface area contributed by atoms with Gasteiger partial charge in [-0.15, -0.1) is 11.8 Å². The van der Waals surface area contributed by atoms with Gasteiger partial charge in [0, 0.05) is 16.2 Å². The van der Waals surface area contributed by atoms with Crippen LogP contribution >= 0.6 is 11.8 Å². The molecule has 0 aliphatic heterocycles. The second kappa shape index (κ2) is 6.14. The number of hydrogen-bond donors (Lipinski definition) is 1. The van der Waals surface area contributed by atoms with Gasteiger partial charge in [-0.05, 0) is 23.6 Å². The molecule has 0 heterocycles. The van der Waals surface area contributed by atoms with Crippen LogP contribution in [0.1, 0.15) is 32.8 Å². The van der Waals surface area contributed by atoms with E-state index in [-0.39, 0.29) is 11.8 Å². The number of carboxylic acid groups (broad SMARTS) is 1. The Morgan fingerprint density at radius 2 is 2.06 bits per heavy atom. The van der Waals surface area contributed by atoms with Crippen molar-refractivity contribution >= 4 is 17.7 Å². The number of carboxylic acids is 1. The molecule has 0 saturated carbocycles. The van der Waals surface area contributed by atoms with E-state index in [0.717, 1.165) is 16.2 Å². The molecule has 0 bridgehead atoms. The van der Waals surface area contributed by atoms with E-state index >= 15 is 0 Å². The van der Waals surface area contributed by atoms with E-state index in [9.17, 15) is 4.79 Å². The number of ether oxygens (including phenoxy) is 1. The van der Waals surface area contributed by atoms with Gasteiger partial charge in [0.1, 0.15) is 5.75 Å². The number of aliphatic carboxylic acids is 1. The maximum absolute atomic E-state index is 10.5. The molecule has 3 nitrogen and oxygen atoms in total. The fourth-order valence-corrected chi connectivity index (χ4v) is 2.50. The standard InChI is InChI=1S/C14H20O3S/c1-14(2,3)11-9-10(5-6-12(11)17-4)18-8-7-13(15)16/h5-6,9H,7-8H2,1-4H3,(H,15,16). The summed E-state index contributed by atoms with van der Waals surface area (Å²) in [4.78, 5) is 11.6. The number of hydrogen-bond acceptors (Lipinski definition) is 3. The van der Waals surface area contributed by atoms with Crippen LogP contribution in [0, 0.1) is 0 Å². The number of thioether (sulfide) groups is 1. The van der Waals surface area contributed by atoms with E-state index in [1.165, 1.54) is 0 Å². The number of methoxy groups -OCH3 is 1. The van der Waals surface area contributed by atoms with Gasteiger partial charge in [0.15, 0.2) is 0 Å². The topological polar surface area (TPSA) is 46.5 Å². The van der Waals surface area contributed by atoms with Gasteiger partial charge >= 0.3 is 5.97 Å². The largest absolute Gasteiger partial charge is 0.496 e. The third kappa shape index (κ3) is 4.26. The zero-order valence-corrected chi connectivity index (χ0v) is 12.1. The Labute approximate surface area is 113 Å². The average molecular weight is 268 g/mol. The molecule has 18 heavy (non-hydrogen) atoms. The Balaban J connectivity index is 2.86. The predicted molar refractivity (Wildman–Crippen MR) is 74.7 cm³/mol. The third-order valence-electron chi connectivity index (χ3n) is 2.56. The fourth-order valence-electron chi connectivity index (χ4n) is 1.62. The van der Waals surface area contributed by atoms with Crippen molar-refractivity contribution in [2.45, 2.75) is 37.5 Å². The number of carbonyl (C=O) groups is 1. The van der Waals surface area contributed by atoms with Gasteiger partial charge in [-0.1, -0.05) is 20.8 Å². The monoisotopic (exact) mass is 268 g/mol. The number of benzene rings is 1. The molecule has 0 amide bonds. The normalized spacial score (nSPS) is 11.3. The molecule has 1 N–H and O–H groups in total. The minimum absolute atomic E-state index is 0.00864. The Morgan fingerprint density at radius 3 is 2.56 bits per heavy atom. The van der Waals surface area contributed by atoms with Crippen LogP contribution in [-0.4, -0.2) is 23.9 Å². The minimum Gasteiger partial charge on any atom is -0.496 e. The van der Waals surface area contributed by atoms with Crippen molar-refractivity contribution in [1.82, 2.24) is 0 Å². The quantitative estimate of drug-likeness (QED) is 0.829. The summed E-state index contributed by atoms with van der Waals surface area (Å²) in [6.07, 6.45) is 0.182. The molecule has 0 radical (unpaired) electrons. The molecule has 100 valence electrons. The Bertz CT molecular complexity index is 422. The van der Waals surface area contributed by atoms with Crippen LogP contribution in [0.15, 0.2) is 23.1 Å². The lowest BCUT2D eigenvalue weighted by atomic mass is 9.86. The van der Waals surface area contributed by atoms with Gasteiger partial charge in [-0.3, -0.25) is 4.79 Å². The van der Waals surface area contributed by atoms with Crippen molar-refractivity contribution in [3.05, 3.63) is 23.8 Å². The third-order valence-corrected chi connectivity index (χ3v) is 3.56. The van der Waals surface area contributed by atoms with Gasteiger partial charge in [0.2, 0.25) is 0 Å². The first kappa shape index (κ1) is 14.9. The van der Waals surface area contributed by atoms with Crippen molar-refractivity contribution < 1.29 is 14.6 Å². The molecule has 0 aliphatic carbocycles. The van der Waals surface area contributed by atoms with Crippen LogP contribution in [0.25, 0.3) is 0 Å². The van der Waals surface area contributed by atoms with Gasteiger partial charge < -0.3 is 9.84 Å². The molecule has 0 spiro atoms. The first-order valence-corrected chi connectivity index (χ1v) is 6.86. The first-order valence-electron chi connectivity index (χ1n) is 5.87. The molecular weight excluding hydrogens is 248 g/mol. The van der Waals surface area contributed by atoms with E-state index in [2.05, 4.69) is 26.8 Å². The lowest BCUT2D eigenvalue weighted by Crippen LogP contribution is -2.12. The van der Waals surface area contributed by atoms with Crippen LogP contribution < -0.4 is 4.74 Å². The molecule has 0 unspecified atom stereocenters. The Kier molecular flexibility index (Phi) is 5.08. The molecular formula is C14H20O3S. The van der Waals surface area contributed by atoms with Crippen molar-refractivity contribution in [2.75, 3.05) is 12.9 Å². The van der Waals surface area contributed by atoms with Crippen molar-refractivity contribution in [3.63, 3.8) is 0 Å². The summed E-state index contributed by atoms with van der Waals surface area (Å²) < 4.78 is 5.37. The van der Waals surface area contributed by atoms with Gasteiger partial charge in [0.25, 0.3) is 0 Å². The van der Waals surface area contributed by atoms with Crippen LogP contribution in [0.4, 0.5) is 0 Å². The maximum Gasteiger partial charge on any atom is 0.304 e. The molecule has 0 fully saturated rings. The lowest BCUT2D eigenvalue weighted by molar-refractivity contribution is -0.136. The summed E-state index contributed by atoms with van der Waals surface area (Å²) in [6, 6.07) is 6.01. The summed E-state index contributed by atoms with van der Waals surface area (Å²) in [5.41, 5.74) is 1.15. The van der Waals surface area contributed by atoms with E-state index in [1.54, 1.807) is 18.9 Å². The molecule has 4 heteroatoms. The van der Waals surface area contributed by atoms with Gasteiger partial charge in [-0.25, -0.2) is 0 Å². The number of rotatable bonds is 5. The van der Waals surface area contributed by atoms with Crippen molar-refractivity contribution in [2.24, 2.45) is 0 Å². The van der Waals surface area contributed by atoms with Crippen LogP contribution in [0.2, 0.25) is 0 Å². The molecule has 0 aliphatic rings. The second-order valence-electron chi connectivity index (χ2n) is 5.10. The van der Waals surface area contributed by atoms with Crippen molar-refractivity contribution in [3.8, 4) is 5.75 Å². The predicted octanol–water partition coefficient (Wildman–Crippen LogP) is 3.56. The lowest BCUT2D eigenvalue weighted by Gasteiger charge is -2.22. The Morgan fingerprint density at radius 1 is 1.39 bits per heavy atom. The molecule has 1 aromatic rings. The van der Waals surface area contributed by atoms with Crippen LogP contribution in [-0.2, 0) is 10.2 Å². The highest BCUT2D eigenvalue weighted by atomic mass is 32.2. The summed E-state index contributed by atoms with van der Waals surface area (Å²) in [6.45, 7) is 6.41. The highest BCUT2D eigenvalue weighted by Crippen LogP contribution is 2.34. The van der Waals surface area contributed by atoms with E-state index in [1.807, 2.05) is 12.1 Å². The van der Waals surface area contributed by atoms with Crippen LogP contribution in [0.3, 0.4) is 0 Å². The zero-order chi connectivity index (χ0) is 13.8. The molecule has 1 rings (SSSR count). The molecule has 0 aromatic heterocycles. The summed E-state index contributed by atoms with van der Waals surface area (Å²) in [5.74, 6) is 0.711. The summed E-state index contributed by atoms with van der Waals surface area (Å²) in [7, 11) is 1.67. The SMILES string of the molecule is COc1ccc(SCCC(=O)O)cc1C(C)(C)C. The average Bonchev–Trinajstić information content (AvgIpc) is 2.27. The Hall–Kier alpha value is -1.16. The highest BCUT2D eigenvalue weighted by molar-refractivity contribution is 7.99. The summed E-state index contributed by atoms with van der Waals surface area (Å²) >= 11 is 1.56. The second-order valence-corrected chi connectivity index (χ2v) is 6.27. The van der Waals surface area contributed by atoms with E-state index in [4.69, 9.17) is 9.84 Å². The molecule has 0 atom stereocenters. The van der Waals surface area contributed by atoms with E-state index in [0.29, 0.717) is 5.75 Å². The van der Waals surface area contributed by atoms with Gasteiger partial charge in [-0.2, -0.15) is 0 Å². The van der Waals surface area contributed by atoms with Gasteiger partial charge in [0.05, 0.1) is 13.5 Å².